The number of hydrazone groups is 1. The lowest BCUT2D eigenvalue weighted by atomic mass is 10.2. The zero-order valence-electron chi connectivity index (χ0n) is 12.9. The molecule has 0 heterocycles. The van der Waals surface area contributed by atoms with Crippen molar-refractivity contribution in [3.05, 3.63) is 59.7 Å². The van der Waals surface area contributed by atoms with E-state index in [2.05, 4.69) is 41.7 Å². The normalized spacial score (nSPS) is 10.7. The zero-order valence-corrected chi connectivity index (χ0v) is 13.7. The third-order valence-corrected chi connectivity index (χ3v) is 3.86. The summed E-state index contributed by atoms with van der Waals surface area (Å²) in [6.45, 7) is 2.69. The van der Waals surface area contributed by atoms with Crippen LogP contribution in [0, 0.1) is 6.92 Å². The highest BCUT2D eigenvalue weighted by Gasteiger charge is 1.98. The van der Waals surface area contributed by atoms with Crippen molar-refractivity contribution in [2.75, 3.05) is 12.4 Å². The molecule has 0 saturated carbocycles. The molecule has 0 aliphatic carbocycles. The van der Waals surface area contributed by atoms with E-state index in [-0.39, 0.29) is 0 Å². The molecular formula is C17H19N3O2S. The van der Waals surface area contributed by atoms with Gasteiger partial charge in [0.25, 0.3) is 0 Å². The van der Waals surface area contributed by atoms with Gasteiger partial charge in [0.2, 0.25) is 0 Å². The summed E-state index contributed by atoms with van der Waals surface area (Å²) >= 11 is 1.76. The molecule has 6 heteroatoms. The average Bonchev–Trinajstić information content (AvgIpc) is 2.53. The number of nitrogens with one attached hydrogen (secondary N) is 1. The Morgan fingerprint density at radius 1 is 1.30 bits per heavy atom. The van der Waals surface area contributed by atoms with Crippen LogP contribution in [-0.2, 0) is 0 Å². The second-order valence-electron chi connectivity index (χ2n) is 4.82. The Morgan fingerprint density at radius 2 is 2.09 bits per heavy atom. The number of nitrogens with two attached hydrogens (primary N) is 1. The molecule has 5 nitrogen and oxygen atoms in total. The minimum absolute atomic E-state index is 0.610. The fourth-order valence-electron chi connectivity index (χ4n) is 1.81. The minimum atomic E-state index is -0.693. The van der Waals surface area contributed by atoms with Gasteiger partial charge in [-0.1, -0.05) is 29.8 Å². The van der Waals surface area contributed by atoms with Gasteiger partial charge in [0.15, 0.2) is 0 Å². The SMILES string of the molecule is Cc1ccc(SCCOc2cccc(/C=N/NC(N)=O)c2)cc1. The first-order chi connectivity index (χ1) is 11.1. The number of ether oxygens (including phenoxy) is 1. The lowest BCUT2D eigenvalue weighted by molar-refractivity contribution is 0.249. The Kier molecular flexibility index (Phi) is 6.50. The number of rotatable bonds is 7. The molecule has 3 N–H and O–H groups in total. The minimum Gasteiger partial charge on any atom is -0.493 e. The van der Waals surface area contributed by atoms with E-state index >= 15 is 0 Å². The summed E-state index contributed by atoms with van der Waals surface area (Å²) in [4.78, 5) is 11.8. The Balaban J connectivity index is 1.78. The first-order valence-electron chi connectivity index (χ1n) is 7.14. The number of hydrogen-bond donors (Lipinski definition) is 2. The van der Waals surface area contributed by atoms with Crippen molar-refractivity contribution < 1.29 is 9.53 Å². The highest BCUT2D eigenvalue weighted by atomic mass is 32.2. The Labute approximate surface area is 139 Å². The van der Waals surface area contributed by atoms with Crippen LogP contribution in [0.25, 0.3) is 0 Å². The molecule has 0 bridgehead atoms. The number of thioether (sulfide) groups is 1. The van der Waals surface area contributed by atoms with Gasteiger partial charge in [0, 0.05) is 10.6 Å². The van der Waals surface area contributed by atoms with Crippen molar-refractivity contribution in [2.45, 2.75) is 11.8 Å². The number of nitrogens with zero attached hydrogens (tertiary/aromatic N) is 1. The molecule has 0 aliphatic rings. The van der Waals surface area contributed by atoms with Crippen LogP contribution >= 0.6 is 11.8 Å². The number of hydrogen-bond acceptors (Lipinski definition) is 4. The molecule has 120 valence electrons. The Bertz CT molecular complexity index is 672. The lowest BCUT2D eigenvalue weighted by Crippen LogP contribution is -2.24. The summed E-state index contributed by atoms with van der Waals surface area (Å²) in [7, 11) is 0. The van der Waals surface area contributed by atoms with Crippen molar-refractivity contribution in [3.63, 3.8) is 0 Å². The van der Waals surface area contributed by atoms with E-state index < -0.39 is 6.03 Å². The van der Waals surface area contributed by atoms with Crippen LogP contribution in [0.2, 0.25) is 0 Å². The van der Waals surface area contributed by atoms with Crippen LogP contribution in [0.4, 0.5) is 4.79 Å². The molecule has 2 aromatic rings. The van der Waals surface area contributed by atoms with Crippen LogP contribution in [0.15, 0.2) is 58.5 Å². The number of primary amides is 1. The molecule has 23 heavy (non-hydrogen) atoms. The second kappa shape index (κ2) is 8.85. The fraction of sp³-hybridized carbons (Fsp3) is 0.176. The first-order valence-corrected chi connectivity index (χ1v) is 8.13. The van der Waals surface area contributed by atoms with Crippen molar-refractivity contribution >= 4 is 24.0 Å². The number of carbonyl (C=O) groups excluding carboxylic acids is 1. The molecule has 2 amide bonds. The third kappa shape index (κ3) is 6.44. The van der Waals surface area contributed by atoms with E-state index in [0.717, 1.165) is 17.1 Å². The van der Waals surface area contributed by atoms with E-state index in [4.69, 9.17) is 10.5 Å². The number of benzene rings is 2. The predicted molar refractivity (Wildman–Crippen MR) is 94.2 cm³/mol. The largest absolute Gasteiger partial charge is 0.493 e. The van der Waals surface area contributed by atoms with E-state index in [0.29, 0.717) is 6.61 Å². The van der Waals surface area contributed by atoms with Crippen LogP contribution in [-0.4, -0.2) is 24.6 Å². The highest BCUT2D eigenvalue weighted by Crippen LogP contribution is 2.19. The first kappa shape index (κ1) is 16.9. The maximum atomic E-state index is 10.5. The topological polar surface area (TPSA) is 76.7 Å². The van der Waals surface area contributed by atoms with Crippen LogP contribution in [0.3, 0.4) is 0 Å². The molecule has 2 rings (SSSR count). The van der Waals surface area contributed by atoms with Gasteiger partial charge in [-0.15, -0.1) is 11.8 Å². The van der Waals surface area contributed by atoms with Gasteiger partial charge >= 0.3 is 6.03 Å². The van der Waals surface area contributed by atoms with Crippen LogP contribution in [0.1, 0.15) is 11.1 Å². The van der Waals surface area contributed by atoms with Crippen LogP contribution < -0.4 is 15.9 Å². The van der Waals surface area contributed by atoms with Crippen molar-refractivity contribution in [2.24, 2.45) is 10.8 Å². The van der Waals surface area contributed by atoms with Crippen molar-refractivity contribution in [3.8, 4) is 5.75 Å². The van der Waals surface area contributed by atoms with E-state index in [9.17, 15) is 4.79 Å². The van der Waals surface area contributed by atoms with Gasteiger partial charge in [0.05, 0.1) is 12.8 Å². The predicted octanol–water partition coefficient (Wildman–Crippen LogP) is 3.17. The molecule has 0 aliphatic heterocycles. The number of carbonyl (C=O) groups is 1. The number of amides is 2. The Hall–Kier alpha value is -2.47. The van der Waals surface area contributed by atoms with Crippen LogP contribution in [0.5, 0.6) is 5.75 Å². The van der Waals surface area contributed by atoms with Crippen molar-refractivity contribution in [1.82, 2.24) is 5.43 Å². The van der Waals surface area contributed by atoms with Gasteiger partial charge in [-0.25, -0.2) is 10.2 Å². The van der Waals surface area contributed by atoms with Crippen molar-refractivity contribution in [1.29, 1.82) is 0 Å². The molecule has 0 radical (unpaired) electrons. The van der Waals surface area contributed by atoms with E-state index in [1.165, 1.54) is 16.7 Å². The lowest BCUT2D eigenvalue weighted by Gasteiger charge is -2.07. The molecule has 0 spiro atoms. The molecule has 0 unspecified atom stereocenters. The second-order valence-corrected chi connectivity index (χ2v) is 5.99. The Morgan fingerprint density at radius 3 is 2.83 bits per heavy atom. The molecule has 0 saturated heterocycles. The number of urea groups is 1. The smallest absolute Gasteiger partial charge is 0.332 e. The summed E-state index contributed by atoms with van der Waals surface area (Å²) in [5.74, 6) is 1.63. The van der Waals surface area contributed by atoms with Gasteiger partial charge in [0.1, 0.15) is 5.75 Å². The van der Waals surface area contributed by atoms with E-state index in [1.54, 1.807) is 11.8 Å². The van der Waals surface area contributed by atoms with Gasteiger partial charge in [-0.2, -0.15) is 5.10 Å². The fourth-order valence-corrected chi connectivity index (χ4v) is 2.54. The zero-order chi connectivity index (χ0) is 16.5. The average molecular weight is 329 g/mol. The van der Waals surface area contributed by atoms with Gasteiger partial charge in [-0.3, -0.25) is 0 Å². The molecule has 2 aromatic carbocycles. The summed E-state index contributed by atoms with van der Waals surface area (Å²) in [6, 6.07) is 15.2. The summed E-state index contributed by atoms with van der Waals surface area (Å²) in [5.41, 5.74) is 9.17. The summed E-state index contributed by atoms with van der Waals surface area (Å²) in [5, 5.41) is 3.72. The third-order valence-electron chi connectivity index (χ3n) is 2.89. The highest BCUT2D eigenvalue weighted by molar-refractivity contribution is 7.99. The summed E-state index contributed by atoms with van der Waals surface area (Å²) in [6.07, 6.45) is 1.51. The maximum Gasteiger partial charge on any atom is 0.332 e. The van der Waals surface area contributed by atoms with Gasteiger partial charge < -0.3 is 10.5 Å². The molecular weight excluding hydrogens is 310 g/mol. The quantitative estimate of drug-likeness (QED) is 0.354. The monoisotopic (exact) mass is 329 g/mol. The summed E-state index contributed by atoms with van der Waals surface area (Å²) < 4.78 is 5.73. The maximum absolute atomic E-state index is 10.5. The standard InChI is InChI=1S/C17H19N3O2S/c1-13-5-7-16(8-6-13)23-10-9-22-15-4-2-3-14(11-15)12-19-20-17(18)21/h2-8,11-12H,9-10H2,1H3,(H3,18,20,21)/b19-12+. The molecule has 0 aromatic heterocycles. The number of aryl methyl sites for hydroxylation is 1. The molecule has 0 fully saturated rings. The van der Waals surface area contributed by atoms with Gasteiger partial charge in [-0.05, 0) is 36.8 Å². The van der Waals surface area contributed by atoms with E-state index in [1.807, 2.05) is 24.3 Å². The molecule has 0 atom stereocenters.